The Labute approximate surface area is 122 Å². The fourth-order valence-corrected chi connectivity index (χ4v) is 2.59. The van der Waals surface area contributed by atoms with Crippen molar-refractivity contribution in [2.45, 2.75) is 52.5 Å². The predicted octanol–water partition coefficient (Wildman–Crippen LogP) is 1.03. The molecule has 20 heavy (non-hydrogen) atoms. The minimum atomic E-state index is -0.554. The molecular formula is C15H29N3O2. The predicted molar refractivity (Wildman–Crippen MR) is 80.0 cm³/mol. The summed E-state index contributed by atoms with van der Waals surface area (Å²) in [4.78, 5) is 23.4. The molecule has 2 unspecified atom stereocenters. The summed E-state index contributed by atoms with van der Waals surface area (Å²) in [6.45, 7) is 6.75. The maximum atomic E-state index is 11.7. The van der Waals surface area contributed by atoms with Gasteiger partial charge < -0.3 is 16.4 Å². The highest BCUT2D eigenvalue weighted by Gasteiger charge is 2.22. The van der Waals surface area contributed by atoms with Crippen LogP contribution in [0.25, 0.3) is 0 Å². The van der Waals surface area contributed by atoms with Crippen molar-refractivity contribution in [2.75, 3.05) is 13.1 Å². The highest BCUT2D eigenvalue weighted by molar-refractivity contribution is 5.87. The molecule has 0 saturated heterocycles. The lowest BCUT2D eigenvalue weighted by Crippen LogP contribution is -2.47. The molecule has 116 valence electrons. The number of rotatable bonds is 6. The summed E-state index contributed by atoms with van der Waals surface area (Å²) >= 11 is 0. The molecule has 0 aliphatic heterocycles. The Bertz CT molecular complexity index is 331. The average molecular weight is 283 g/mol. The lowest BCUT2D eigenvalue weighted by molar-refractivity contribution is -0.127. The molecule has 4 N–H and O–H groups in total. The first-order valence-corrected chi connectivity index (χ1v) is 7.71. The van der Waals surface area contributed by atoms with E-state index < -0.39 is 6.04 Å². The van der Waals surface area contributed by atoms with Crippen molar-refractivity contribution in [2.24, 2.45) is 23.5 Å². The molecule has 0 aromatic heterocycles. The second-order valence-corrected chi connectivity index (χ2v) is 6.31. The molecule has 0 radical (unpaired) electrons. The maximum Gasteiger partial charge on any atom is 0.239 e. The van der Waals surface area contributed by atoms with Gasteiger partial charge in [0.2, 0.25) is 11.8 Å². The van der Waals surface area contributed by atoms with E-state index in [0.717, 1.165) is 0 Å². The quantitative estimate of drug-likeness (QED) is 0.680. The van der Waals surface area contributed by atoms with Crippen LogP contribution in [-0.4, -0.2) is 30.9 Å². The average Bonchev–Trinajstić information content (AvgIpc) is 2.42. The highest BCUT2D eigenvalue weighted by atomic mass is 16.2. The molecule has 0 aromatic rings. The Morgan fingerprint density at radius 2 is 1.85 bits per heavy atom. The second kappa shape index (κ2) is 8.25. The summed E-state index contributed by atoms with van der Waals surface area (Å²) in [6.07, 6.45) is 4.99. The highest BCUT2D eigenvalue weighted by Crippen LogP contribution is 2.28. The smallest absolute Gasteiger partial charge is 0.239 e. The van der Waals surface area contributed by atoms with Crippen molar-refractivity contribution in [1.82, 2.24) is 10.6 Å². The molecule has 1 saturated carbocycles. The first-order valence-electron chi connectivity index (χ1n) is 7.71. The summed E-state index contributed by atoms with van der Waals surface area (Å²) in [7, 11) is 0. The summed E-state index contributed by atoms with van der Waals surface area (Å²) < 4.78 is 0. The molecule has 0 spiro atoms. The van der Waals surface area contributed by atoms with Gasteiger partial charge in [-0.25, -0.2) is 0 Å². The van der Waals surface area contributed by atoms with Gasteiger partial charge in [-0.15, -0.1) is 0 Å². The Balaban J connectivity index is 2.21. The lowest BCUT2D eigenvalue weighted by atomic mass is 9.80. The fourth-order valence-electron chi connectivity index (χ4n) is 2.59. The van der Waals surface area contributed by atoms with E-state index in [4.69, 9.17) is 5.73 Å². The van der Waals surface area contributed by atoms with Gasteiger partial charge in [-0.3, -0.25) is 9.59 Å². The standard InChI is InChI=1S/C15H29N3O2/c1-10(2)14(16)15(20)18-9-13(19)17-8-12-7-5-4-6-11(12)3/h10-12,14H,4-9,16H2,1-3H3,(H,17,19)(H,18,20)/t11?,12?,14-/m0/s1. The van der Waals surface area contributed by atoms with Crippen molar-refractivity contribution >= 4 is 11.8 Å². The number of nitrogens with one attached hydrogen (secondary N) is 2. The minimum Gasteiger partial charge on any atom is -0.354 e. The van der Waals surface area contributed by atoms with Crippen LogP contribution in [0.3, 0.4) is 0 Å². The van der Waals surface area contributed by atoms with Gasteiger partial charge in [-0.2, -0.15) is 0 Å². The van der Waals surface area contributed by atoms with E-state index in [1.165, 1.54) is 25.7 Å². The Morgan fingerprint density at radius 1 is 1.20 bits per heavy atom. The van der Waals surface area contributed by atoms with Crippen LogP contribution < -0.4 is 16.4 Å². The van der Waals surface area contributed by atoms with Gasteiger partial charge in [0.1, 0.15) is 0 Å². The summed E-state index contributed by atoms with van der Waals surface area (Å²) in [5, 5.41) is 5.50. The van der Waals surface area contributed by atoms with Crippen molar-refractivity contribution < 1.29 is 9.59 Å². The van der Waals surface area contributed by atoms with E-state index >= 15 is 0 Å². The molecule has 1 rings (SSSR count). The molecule has 0 heterocycles. The van der Waals surface area contributed by atoms with Crippen LogP contribution in [0.2, 0.25) is 0 Å². The summed E-state index contributed by atoms with van der Waals surface area (Å²) in [5.74, 6) is 0.920. The van der Waals surface area contributed by atoms with Crippen LogP contribution in [0.15, 0.2) is 0 Å². The Kier molecular flexibility index (Phi) is 6.99. The van der Waals surface area contributed by atoms with Crippen LogP contribution in [0.4, 0.5) is 0 Å². The van der Waals surface area contributed by atoms with Gasteiger partial charge in [0.25, 0.3) is 0 Å². The topological polar surface area (TPSA) is 84.2 Å². The molecule has 5 heteroatoms. The van der Waals surface area contributed by atoms with Gasteiger partial charge in [0, 0.05) is 6.54 Å². The maximum absolute atomic E-state index is 11.7. The van der Waals surface area contributed by atoms with E-state index in [-0.39, 0.29) is 24.3 Å². The third-order valence-electron chi connectivity index (χ3n) is 4.29. The van der Waals surface area contributed by atoms with Crippen LogP contribution in [-0.2, 0) is 9.59 Å². The molecular weight excluding hydrogens is 254 g/mol. The number of hydrogen-bond donors (Lipinski definition) is 3. The number of carbonyl (C=O) groups is 2. The zero-order valence-corrected chi connectivity index (χ0v) is 12.9. The van der Waals surface area contributed by atoms with Gasteiger partial charge in [-0.05, 0) is 24.2 Å². The zero-order valence-electron chi connectivity index (χ0n) is 12.9. The molecule has 1 aliphatic rings. The monoisotopic (exact) mass is 283 g/mol. The number of nitrogens with two attached hydrogens (primary N) is 1. The van der Waals surface area contributed by atoms with Crippen LogP contribution in [0.1, 0.15) is 46.5 Å². The first-order chi connectivity index (χ1) is 9.41. The first kappa shape index (κ1) is 17.0. The number of hydrogen-bond acceptors (Lipinski definition) is 3. The van der Waals surface area contributed by atoms with Gasteiger partial charge >= 0.3 is 0 Å². The molecule has 5 nitrogen and oxygen atoms in total. The molecule has 0 aromatic carbocycles. The minimum absolute atomic E-state index is 0.0142. The molecule has 1 fully saturated rings. The van der Waals surface area contributed by atoms with Gasteiger partial charge in [-0.1, -0.05) is 40.0 Å². The third-order valence-corrected chi connectivity index (χ3v) is 4.29. The molecule has 1 aliphatic carbocycles. The largest absolute Gasteiger partial charge is 0.354 e. The normalized spacial score (nSPS) is 24.2. The van der Waals surface area contributed by atoms with Crippen LogP contribution in [0.5, 0.6) is 0 Å². The lowest BCUT2D eigenvalue weighted by Gasteiger charge is -2.28. The third kappa shape index (κ3) is 5.49. The van der Waals surface area contributed by atoms with E-state index in [2.05, 4.69) is 17.6 Å². The number of amides is 2. The van der Waals surface area contributed by atoms with E-state index in [1.54, 1.807) is 0 Å². The molecule has 3 atom stereocenters. The van der Waals surface area contributed by atoms with E-state index in [9.17, 15) is 9.59 Å². The van der Waals surface area contributed by atoms with Gasteiger partial charge in [0.05, 0.1) is 12.6 Å². The van der Waals surface area contributed by atoms with Gasteiger partial charge in [0.15, 0.2) is 0 Å². The van der Waals surface area contributed by atoms with E-state index in [0.29, 0.717) is 18.4 Å². The van der Waals surface area contributed by atoms with Crippen LogP contribution >= 0.6 is 0 Å². The van der Waals surface area contributed by atoms with E-state index in [1.807, 2.05) is 13.8 Å². The van der Waals surface area contributed by atoms with Crippen molar-refractivity contribution in [3.05, 3.63) is 0 Å². The Morgan fingerprint density at radius 3 is 2.45 bits per heavy atom. The Hall–Kier alpha value is -1.10. The van der Waals surface area contributed by atoms with Crippen LogP contribution in [0, 0.1) is 17.8 Å². The second-order valence-electron chi connectivity index (χ2n) is 6.31. The zero-order chi connectivity index (χ0) is 15.1. The number of carbonyl (C=O) groups excluding carboxylic acids is 2. The molecule has 0 bridgehead atoms. The van der Waals surface area contributed by atoms with Crippen molar-refractivity contribution in [1.29, 1.82) is 0 Å². The summed E-state index contributed by atoms with van der Waals surface area (Å²) in [6, 6.07) is -0.554. The van der Waals surface area contributed by atoms with Crippen molar-refractivity contribution in [3.63, 3.8) is 0 Å². The molecule has 2 amide bonds. The van der Waals surface area contributed by atoms with Crippen molar-refractivity contribution in [3.8, 4) is 0 Å². The summed E-state index contributed by atoms with van der Waals surface area (Å²) in [5.41, 5.74) is 5.71. The SMILES string of the molecule is CC1CCCCC1CNC(=O)CNC(=O)[C@@H](N)C(C)C. The fraction of sp³-hybridized carbons (Fsp3) is 0.867.